The summed E-state index contributed by atoms with van der Waals surface area (Å²) in [6.07, 6.45) is 0.224. The van der Waals surface area contributed by atoms with Gasteiger partial charge in [-0.15, -0.1) is 0 Å². The molecule has 1 amide bonds. The van der Waals surface area contributed by atoms with Gasteiger partial charge < -0.3 is 19.9 Å². The van der Waals surface area contributed by atoms with Gasteiger partial charge in [-0.25, -0.2) is 9.59 Å². The van der Waals surface area contributed by atoms with Crippen molar-refractivity contribution in [2.24, 2.45) is 0 Å². The summed E-state index contributed by atoms with van der Waals surface area (Å²) in [6.45, 7) is -0.632. The summed E-state index contributed by atoms with van der Waals surface area (Å²) >= 11 is 5.77. The summed E-state index contributed by atoms with van der Waals surface area (Å²) in [5, 5.41) is 12.4. The van der Waals surface area contributed by atoms with Crippen molar-refractivity contribution in [3.63, 3.8) is 0 Å². The third kappa shape index (κ3) is 6.00. The number of nitrogens with one attached hydrogen (secondary N) is 1. The molecular formula is C19H18ClNO6. The number of phenols is 1. The first-order valence-electron chi connectivity index (χ1n) is 7.97. The molecule has 0 aliphatic heterocycles. The van der Waals surface area contributed by atoms with E-state index in [0.717, 1.165) is 5.56 Å². The van der Waals surface area contributed by atoms with Crippen molar-refractivity contribution < 1.29 is 29.0 Å². The first kappa shape index (κ1) is 20.3. The van der Waals surface area contributed by atoms with Crippen molar-refractivity contribution >= 4 is 29.4 Å². The van der Waals surface area contributed by atoms with E-state index in [0.29, 0.717) is 0 Å². The molecule has 8 heteroatoms. The van der Waals surface area contributed by atoms with Gasteiger partial charge in [0.15, 0.2) is 6.61 Å². The molecule has 7 nitrogen and oxygen atoms in total. The summed E-state index contributed by atoms with van der Waals surface area (Å²) in [7, 11) is 1.22. The molecule has 0 bridgehead atoms. The highest BCUT2D eigenvalue weighted by atomic mass is 35.5. The van der Waals surface area contributed by atoms with Gasteiger partial charge in [0.1, 0.15) is 17.4 Å². The topological polar surface area (TPSA) is 102 Å². The maximum atomic E-state index is 12.1. The molecule has 2 aromatic rings. The Morgan fingerprint density at radius 1 is 1.15 bits per heavy atom. The Hall–Kier alpha value is -3.06. The zero-order valence-corrected chi connectivity index (χ0v) is 15.2. The number of methoxy groups -OCH3 is 1. The summed E-state index contributed by atoms with van der Waals surface area (Å²) in [5.74, 6) is -2.54. The third-order valence-electron chi connectivity index (χ3n) is 3.62. The fraction of sp³-hybridized carbons (Fsp3) is 0.211. The van der Waals surface area contributed by atoms with E-state index in [-0.39, 0.29) is 22.8 Å². The smallest absolute Gasteiger partial charge is 0.342 e. The fourth-order valence-corrected chi connectivity index (χ4v) is 2.47. The van der Waals surface area contributed by atoms with Crippen LogP contribution in [0.3, 0.4) is 0 Å². The standard InChI is InChI=1S/C19H18ClNO6/c1-26-19(25)15(9-12-5-3-2-4-6-12)21-17(23)11-27-18(24)14-10-13(20)7-8-16(14)22/h2-8,10,15,22H,9,11H2,1H3,(H,21,23)/t15-/m1/s1. The lowest BCUT2D eigenvalue weighted by molar-refractivity contribution is -0.145. The summed E-state index contributed by atoms with van der Waals surface area (Å²) in [5.41, 5.74) is 0.665. The Kier molecular flexibility index (Phi) is 7.19. The van der Waals surface area contributed by atoms with Crippen LogP contribution in [0.25, 0.3) is 0 Å². The molecule has 0 unspecified atom stereocenters. The van der Waals surface area contributed by atoms with Crippen LogP contribution in [0.1, 0.15) is 15.9 Å². The predicted octanol–water partition coefficient (Wildman–Crippen LogP) is 2.10. The molecule has 2 aromatic carbocycles. The first-order chi connectivity index (χ1) is 12.9. The van der Waals surface area contributed by atoms with E-state index in [1.165, 1.54) is 25.3 Å². The average molecular weight is 392 g/mol. The van der Waals surface area contributed by atoms with Crippen LogP contribution in [0.4, 0.5) is 0 Å². The van der Waals surface area contributed by atoms with Crippen molar-refractivity contribution in [2.45, 2.75) is 12.5 Å². The highest BCUT2D eigenvalue weighted by Gasteiger charge is 2.23. The number of ether oxygens (including phenoxy) is 2. The van der Waals surface area contributed by atoms with Gasteiger partial charge in [-0.3, -0.25) is 4.79 Å². The van der Waals surface area contributed by atoms with Gasteiger partial charge >= 0.3 is 11.9 Å². The van der Waals surface area contributed by atoms with Gasteiger partial charge in [0, 0.05) is 11.4 Å². The number of halogens is 1. The number of aromatic hydroxyl groups is 1. The van der Waals surface area contributed by atoms with Crippen molar-refractivity contribution in [3.05, 3.63) is 64.7 Å². The van der Waals surface area contributed by atoms with Gasteiger partial charge in [-0.2, -0.15) is 0 Å². The van der Waals surface area contributed by atoms with Gasteiger partial charge in [0.25, 0.3) is 5.91 Å². The maximum Gasteiger partial charge on any atom is 0.342 e. The van der Waals surface area contributed by atoms with E-state index in [9.17, 15) is 19.5 Å². The van der Waals surface area contributed by atoms with Gasteiger partial charge in [-0.05, 0) is 23.8 Å². The molecule has 0 saturated heterocycles. The zero-order chi connectivity index (χ0) is 19.8. The lowest BCUT2D eigenvalue weighted by atomic mass is 10.1. The van der Waals surface area contributed by atoms with Crippen LogP contribution in [0.5, 0.6) is 5.75 Å². The summed E-state index contributed by atoms with van der Waals surface area (Å²) in [6, 6.07) is 12.0. The highest BCUT2D eigenvalue weighted by Crippen LogP contribution is 2.22. The number of hydrogen-bond acceptors (Lipinski definition) is 6. The lowest BCUT2D eigenvalue weighted by Crippen LogP contribution is -2.44. The molecule has 0 aliphatic carbocycles. The second-order valence-corrected chi connectivity index (χ2v) is 6.01. The number of carbonyl (C=O) groups excluding carboxylic acids is 3. The van der Waals surface area contributed by atoms with Crippen LogP contribution in [0, 0.1) is 0 Å². The number of phenolic OH excluding ortho intramolecular Hbond substituents is 1. The Balaban J connectivity index is 1.96. The molecule has 0 heterocycles. The second kappa shape index (κ2) is 9.59. The van der Waals surface area contributed by atoms with Gasteiger partial charge in [0.2, 0.25) is 0 Å². The number of rotatable bonds is 7. The second-order valence-electron chi connectivity index (χ2n) is 5.57. The monoisotopic (exact) mass is 391 g/mol. The zero-order valence-electron chi connectivity index (χ0n) is 14.5. The number of carbonyl (C=O) groups is 3. The Morgan fingerprint density at radius 2 is 1.85 bits per heavy atom. The van der Waals surface area contributed by atoms with E-state index >= 15 is 0 Å². The minimum absolute atomic E-state index is 0.163. The van der Waals surface area contributed by atoms with E-state index in [1.54, 1.807) is 0 Å². The molecule has 0 fully saturated rings. The molecule has 1 atom stereocenters. The van der Waals surface area contributed by atoms with E-state index in [4.69, 9.17) is 21.1 Å². The molecule has 2 rings (SSSR count). The van der Waals surface area contributed by atoms with E-state index in [1.807, 2.05) is 30.3 Å². The molecule has 0 aliphatic rings. The molecule has 2 N–H and O–H groups in total. The summed E-state index contributed by atoms with van der Waals surface area (Å²) in [4.78, 5) is 35.9. The largest absolute Gasteiger partial charge is 0.507 e. The molecule has 0 saturated carbocycles. The Morgan fingerprint density at radius 3 is 2.52 bits per heavy atom. The SMILES string of the molecule is COC(=O)[C@@H](Cc1ccccc1)NC(=O)COC(=O)c1cc(Cl)ccc1O. The summed E-state index contributed by atoms with van der Waals surface area (Å²) < 4.78 is 9.57. The molecule has 0 spiro atoms. The predicted molar refractivity (Wildman–Crippen MR) is 97.5 cm³/mol. The van der Waals surface area contributed by atoms with Crippen molar-refractivity contribution in [2.75, 3.05) is 13.7 Å². The minimum atomic E-state index is -0.928. The van der Waals surface area contributed by atoms with Crippen molar-refractivity contribution in [1.29, 1.82) is 0 Å². The van der Waals surface area contributed by atoms with E-state index in [2.05, 4.69) is 5.32 Å². The number of benzene rings is 2. The molecule has 0 radical (unpaired) electrons. The van der Waals surface area contributed by atoms with Crippen LogP contribution in [0.2, 0.25) is 5.02 Å². The van der Waals surface area contributed by atoms with Gasteiger partial charge in [0.05, 0.1) is 7.11 Å². The van der Waals surface area contributed by atoms with Crippen LogP contribution in [-0.4, -0.2) is 42.7 Å². The van der Waals surface area contributed by atoms with Crippen molar-refractivity contribution in [1.82, 2.24) is 5.32 Å². The van der Waals surface area contributed by atoms with Crippen LogP contribution < -0.4 is 5.32 Å². The minimum Gasteiger partial charge on any atom is -0.507 e. The quantitative estimate of drug-likeness (QED) is 0.701. The number of esters is 2. The maximum absolute atomic E-state index is 12.1. The van der Waals surface area contributed by atoms with Crippen molar-refractivity contribution in [3.8, 4) is 5.75 Å². The third-order valence-corrected chi connectivity index (χ3v) is 3.85. The average Bonchev–Trinajstić information content (AvgIpc) is 2.67. The molecule has 27 heavy (non-hydrogen) atoms. The Labute approximate surface area is 160 Å². The molecule has 0 aromatic heterocycles. The first-order valence-corrected chi connectivity index (χ1v) is 8.35. The van der Waals surface area contributed by atoms with Crippen LogP contribution in [-0.2, 0) is 25.5 Å². The normalized spacial score (nSPS) is 11.3. The van der Waals surface area contributed by atoms with Crippen LogP contribution in [0.15, 0.2) is 48.5 Å². The molecular weight excluding hydrogens is 374 g/mol. The number of hydrogen-bond donors (Lipinski definition) is 2. The number of amides is 1. The molecule has 142 valence electrons. The van der Waals surface area contributed by atoms with Crippen LogP contribution >= 0.6 is 11.6 Å². The Bertz CT molecular complexity index is 824. The fourth-order valence-electron chi connectivity index (χ4n) is 2.30. The highest BCUT2D eigenvalue weighted by molar-refractivity contribution is 6.31. The van der Waals surface area contributed by atoms with Gasteiger partial charge in [-0.1, -0.05) is 41.9 Å². The lowest BCUT2D eigenvalue weighted by Gasteiger charge is -2.16. The van der Waals surface area contributed by atoms with E-state index < -0.39 is 30.5 Å².